The number of carbonyl (C=O) groups excluding carboxylic acids is 2. The molecule has 0 saturated heterocycles. The molecule has 0 aliphatic heterocycles. The summed E-state index contributed by atoms with van der Waals surface area (Å²) < 4.78 is 11.6. The summed E-state index contributed by atoms with van der Waals surface area (Å²) in [5, 5.41) is 2.49. The minimum absolute atomic E-state index is 0.0493. The Kier molecular flexibility index (Phi) is 4.17. The molecule has 1 aromatic carbocycles. The minimum atomic E-state index is -0.669. The van der Waals surface area contributed by atoms with E-state index in [1.165, 1.54) is 28.7 Å². The molecular weight excluding hydrogens is 358 g/mol. The molecule has 0 atom stereocenters. The van der Waals surface area contributed by atoms with E-state index in [4.69, 9.17) is 9.15 Å². The standard InChI is InChI=1S/C18H11NO4S2/c20-12(16-6-3-9-24-16)10-22-18(21)14-8-7-13(23-14)17-19-11-4-1-2-5-15(11)25-17/h1-9H,10H2. The summed E-state index contributed by atoms with van der Waals surface area (Å²) in [5.41, 5.74) is 0.879. The van der Waals surface area contributed by atoms with Gasteiger partial charge in [-0.25, -0.2) is 9.78 Å². The van der Waals surface area contributed by atoms with Crippen LogP contribution in [0.4, 0.5) is 0 Å². The van der Waals surface area contributed by atoms with E-state index in [1.54, 1.807) is 23.6 Å². The second kappa shape index (κ2) is 6.62. The highest BCUT2D eigenvalue weighted by Crippen LogP contribution is 2.31. The van der Waals surface area contributed by atoms with Crippen LogP contribution < -0.4 is 0 Å². The lowest BCUT2D eigenvalue weighted by atomic mass is 10.3. The number of ketones is 1. The molecule has 0 aliphatic carbocycles. The number of hydrogen-bond donors (Lipinski definition) is 0. The Balaban J connectivity index is 1.47. The molecule has 5 nitrogen and oxygen atoms in total. The first kappa shape index (κ1) is 15.7. The number of aromatic nitrogens is 1. The van der Waals surface area contributed by atoms with E-state index in [2.05, 4.69) is 4.98 Å². The van der Waals surface area contributed by atoms with Crippen LogP contribution in [0.2, 0.25) is 0 Å². The Morgan fingerprint density at radius 1 is 1.08 bits per heavy atom. The third-order valence-corrected chi connectivity index (χ3v) is 5.40. The number of rotatable bonds is 5. The SMILES string of the molecule is O=C(OCC(=O)c1cccs1)c1ccc(-c2nc3ccccc3s2)o1. The van der Waals surface area contributed by atoms with Gasteiger partial charge in [-0.2, -0.15) is 0 Å². The predicted molar refractivity (Wildman–Crippen MR) is 96.3 cm³/mol. The highest BCUT2D eigenvalue weighted by molar-refractivity contribution is 7.21. The molecule has 7 heteroatoms. The van der Waals surface area contributed by atoms with Crippen LogP contribution in [0.15, 0.2) is 58.3 Å². The van der Waals surface area contributed by atoms with Gasteiger partial charge in [-0.3, -0.25) is 4.79 Å². The van der Waals surface area contributed by atoms with Crippen LogP contribution >= 0.6 is 22.7 Å². The first-order valence-electron chi connectivity index (χ1n) is 7.40. The summed E-state index contributed by atoms with van der Waals surface area (Å²) in [5.74, 6) is -0.357. The Morgan fingerprint density at radius 2 is 1.96 bits per heavy atom. The van der Waals surface area contributed by atoms with Gasteiger partial charge in [-0.15, -0.1) is 22.7 Å². The second-order valence-electron chi connectivity index (χ2n) is 5.13. The lowest BCUT2D eigenvalue weighted by molar-refractivity contribution is 0.0446. The van der Waals surface area contributed by atoms with Gasteiger partial charge in [0.05, 0.1) is 15.1 Å². The molecular formula is C18H11NO4S2. The first-order valence-corrected chi connectivity index (χ1v) is 9.10. The quantitative estimate of drug-likeness (QED) is 0.378. The Morgan fingerprint density at radius 3 is 2.76 bits per heavy atom. The van der Waals surface area contributed by atoms with Crippen molar-refractivity contribution in [2.24, 2.45) is 0 Å². The minimum Gasteiger partial charge on any atom is -0.451 e. The van der Waals surface area contributed by atoms with Gasteiger partial charge < -0.3 is 9.15 Å². The molecule has 0 amide bonds. The van der Waals surface area contributed by atoms with Crippen LogP contribution in [-0.2, 0) is 4.74 Å². The van der Waals surface area contributed by atoms with Crippen molar-refractivity contribution in [3.8, 4) is 10.8 Å². The van der Waals surface area contributed by atoms with E-state index >= 15 is 0 Å². The molecule has 4 aromatic rings. The Labute approximate surface area is 150 Å². The molecule has 124 valence electrons. The molecule has 0 spiro atoms. The monoisotopic (exact) mass is 369 g/mol. The van der Waals surface area contributed by atoms with Crippen LogP contribution in [-0.4, -0.2) is 23.3 Å². The molecule has 3 heterocycles. The maximum atomic E-state index is 12.1. The van der Waals surface area contributed by atoms with Gasteiger partial charge in [0.2, 0.25) is 11.5 Å². The van der Waals surface area contributed by atoms with Crippen molar-refractivity contribution in [3.63, 3.8) is 0 Å². The number of carbonyl (C=O) groups is 2. The topological polar surface area (TPSA) is 69.4 Å². The third kappa shape index (κ3) is 3.24. The third-order valence-electron chi connectivity index (χ3n) is 3.44. The fraction of sp³-hybridized carbons (Fsp3) is 0.0556. The van der Waals surface area contributed by atoms with E-state index in [1.807, 2.05) is 24.3 Å². The maximum absolute atomic E-state index is 12.1. The molecule has 0 radical (unpaired) electrons. The molecule has 3 aromatic heterocycles. The second-order valence-corrected chi connectivity index (χ2v) is 7.11. The van der Waals surface area contributed by atoms with Crippen molar-refractivity contribution >= 4 is 44.6 Å². The zero-order valence-electron chi connectivity index (χ0n) is 12.8. The predicted octanol–water partition coefficient (Wildman–Crippen LogP) is 4.66. The largest absolute Gasteiger partial charge is 0.451 e. The number of esters is 1. The summed E-state index contributed by atoms with van der Waals surface area (Å²) in [6, 6.07) is 14.4. The fourth-order valence-electron chi connectivity index (χ4n) is 2.25. The van der Waals surface area contributed by atoms with E-state index in [9.17, 15) is 9.59 Å². The number of para-hydroxylation sites is 1. The van der Waals surface area contributed by atoms with E-state index in [-0.39, 0.29) is 18.2 Å². The van der Waals surface area contributed by atoms with Gasteiger partial charge in [-0.05, 0) is 35.7 Å². The molecule has 0 aliphatic rings. The van der Waals surface area contributed by atoms with Gasteiger partial charge in [0.25, 0.3) is 0 Å². The van der Waals surface area contributed by atoms with Gasteiger partial charge in [0, 0.05) is 0 Å². The van der Waals surface area contributed by atoms with Gasteiger partial charge in [0.1, 0.15) is 0 Å². The van der Waals surface area contributed by atoms with Crippen molar-refractivity contribution in [1.82, 2.24) is 4.98 Å². The van der Waals surface area contributed by atoms with Crippen LogP contribution in [0.3, 0.4) is 0 Å². The number of Topliss-reactive ketones (excluding diaryl/α,β-unsaturated/α-hetero) is 1. The van der Waals surface area contributed by atoms with Crippen molar-refractivity contribution in [2.45, 2.75) is 0 Å². The van der Waals surface area contributed by atoms with Crippen molar-refractivity contribution in [3.05, 3.63) is 64.5 Å². The van der Waals surface area contributed by atoms with Crippen molar-refractivity contribution < 1.29 is 18.7 Å². The van der Waals surface area contributed by atoms with Crippen molar-refractivity contribution in [2.75, 3.05) is 6.61 Å². The fourth-order valence-corrected chi connectivity index (χ4v) is 3.83. The van der Waals surface area contributed by atoms with Crippen molar-refractivity contribution in [1.29, 1.82) is 0 Å². The number of fused-ring (bicyclic) bond motifs is 1. The molecule has 0 saturated carbocycles. The molecule has 0 fully saturated rings. The molecule has 4 rings (SSSR count). The Hall–Kier alpha value is -2.77. The number of furan rings is 1. The zero-order chi connectivity index (χ0) is 17.2. The number of thiophene rings is 1. The van der Waals surface area contributed by atoms with E-state index < -0.39 is 5.97 Å². The van der Waals surface area contributed by atoms with Crippen LogP contribution in [0, 0.1) is 0 Å². The summed E-state index contributed by atoms with van der Waals surface area (Å²) in [6.45, 7) is -0.309. The van der Waals surface area contributed by atoms with Gasteiger partial charge in [-0.1, -0.05) is 18.2 Å². The highest BCUT2D eigenvalue weighted by Gasteiger charge is 2.18. The molecule has 0 N–H and O–H groups in total. The number of nitrogens with zero attached hydrogens (tertiary/aromatic N) is 1. The Bertz CT molecular complexity index is 1010. The highest BCUT2D eigenvalue weighted by atomic mass is 32.1. The number of hydrogen-bond acceptors (Lipinski definition) is 7. The number of ether oxygens (including phenoxy) is 1. The normalized spacial score (nSPS) is 10.9. The summed E-state index contributed by atoms with van der Waals surface area (Å²) >= 11 is 2.79. The average molecular weight is 369 g/mol. The average Bonchev–Trinajstić information content (AvgIpc) is 3.38. The smallest absolute Gasteiger partial charge is 0.374 e. The summed E-state index contributed by atoms with van der Waals surface area (Å²) in [4.78, 5) is 29.0. The van der Waals surface area contributed by atoms with E-state index in [0.29, 0.717) is 15.6 Å². The van der Waals surface area contributed by atoms with Gasteiger partial charge >= 0.3 is 5.97 Å². The lowest BCUT2D eigenvalue weighted by Gasteiger charge is -2.00. The van der Waals surface area contributed by atoms with Gasteiger partial charge in [0.15, 0.2) is 17.4 Å². The van der Waals surface area contributed by atoms with Crippen LogP contribution in [0.25, 0.3) is 21.0 Å². The maximum Gasteiger partial charge on any atom is 0.374 e. The first-order chi connectivity index (χ1) is 12.2. The van der Waals surface area contributed by atoms with E-state index in [0.717, 1.165) is 10.2 Å². The lowest BCUT2D eigenvalue weighted by Crippen LogP contribution is -2.12. The van der Waals surface area contributed by atoms with Crippen LogP contribution in [0.5, 0.6) is 0 Å². The molecule has 0 bridgehead atoms. The molecule has 0 unspecified atom stereocenters. The summed E-state index contributed by atoms with van der Waals surface area (Å²) in [7, 11) is 0. The zero-order valence-corrected chi connectivity index (χ0v) is 14.4. The number of thiazole rings is 1. The number of benzene rings is 1. The molecule has 25 heavy (non-hydrogen) atoms. The van der Waals surface area contributed by atoms with Crippen LogP contribution in [0.1, 0.15) is 20.2 Å². The summed E-state index contributed by atoms with van der Waals surface area (Å²) in [6.07, 6.45) is 0.